The minimum Gasteiger partial charge on any atom is -0.495 e. The van der Waals surface area contributed by atoms with Crippen LogP contribution in [0.4, 0.5) is 5.69 Å². The van der Waals surface area contributed by atoms with Gasteiger partial charge in [-0.25, -0.2) is 5.43 Å². The maximum Gasteiger partial charge on any atom is 0.249 e. The second-order valence-corrected chi connectivity index (χ2v) is 8.23. The van der Waals surface area contributed by atoms with Crippen LogP contribution in [0.1, 0.15) is 24.5 Å². The number of nitrogens with zero attached hydrogens (tertiary/aromatic N) is 1. The summed E-state index contributed by atoms with van der Waals surface area (Å²) in [6.07, 6.45) is 1.04. The van der Waals surface area contributed by atoms with E-state index in [0.717, 1.165) is 5.56 Å². The highest BCUT2D eigenvalue weighted by atomic mass is 35.5. The number of para-hydroxylation sites is 2. The lowest BCUT2D eigenvalue weighted by molar-refractivity contribution is -0.126. The summed E-state index contributed by atoms with van der Waals surface area (Å²) in [7, 11) is 1.50. The van der Waals surface area contributed by atoms with Crippen molar-refractivity contribution in [2.75, 3.05) is 19.0 Å². The highest BCUT2D eigenvalue weighted by Gasteiger charge is 2.12. The third kappa shape index (κ3) is 7.90. The number of carbonyl (C=O) groups excluding carboxylic acids is 2. The molecule has 8 nitrogen and oxygen atoms in total. The molecule has 3 aromatic rings. The molecule has 0 saturated carbocycles. The first-order valence-corrected chi connectivity index (χ1v) is 11.7. The van der Waals surface area contributed by atoms with E-state index in [2.05, 4.69) is 15.8 Å². The SMILES string of the molecule is CCOc1cc(C=NNC(=O)CC(=O)Nc2ccccc2OC)ccc1OCc1ccc(Cl)cc1Cl. The zero-order chi connectivity index (χ0) is 25.9. The molecule has 0 spiro atoms. The van der Waals surface area contributed by atoms with Crippen LogP contribution in [0.3, 0.4) is 0 Å². The molecule has 36 heavy (non-hydrogen) atoms. The summed E-state index contributed by atoms with van der Waals surface area (Å²) in [6.45, 7) is 2.52. The number of rotatable bonds is 11. The predicted molar refractivity (Wildman–Crippen MR) is 140 cm³/mol. The minimum absolute atomic E-state index is 0.233. The number of hydrogen-bond acceptors (Lipinski definition) is 6. The van der Waals surface area contributed by atoms with Gasteiger partial charge < -0.3 is 19.5 Å². The predicted octanol–water partition coefficient (Wildman–Crippen LogP) is 5.46. The third-order valence-electron chi connectivity index (χ3n) is 4.77. The highest BCUT2D eigenvalue weighted by Crippen LogP contribution is 2.30. The van der Waals surface area contributed by atoms with Gasteiger partial charge in [-0.1, -0.05) is 41.4 Å². The Morgan fingerprint density at radius 3 is 2.50 bits per heavy atom. The van der Waals surface area contributed by atoms with E-state index in [9.17, 15) is 9.59 Å². The molecule has 188 valence electrons. The lowest BCUT2D eigenvalue weighted by Crippen LogP contribution is -2.24. The molecular weight excluding hydrogens is 505 g/mol. The Balaban J connectivity index is 1.56. The van der Waals surface area contributed by atoms with Gasteiger partial charge in [-0.05, 0) is 55.0 Å². The molecule has 0 unspecified atom stereocenters. The van der Waals surface area contributed by atoms with E-state index in [1.165, 1.54) is 13.3 Å². The molecule has 0 aliphatic carbocycles. The number of hydrogen-bond donors (Lipinski definition) is 2. The van der Waals surface area contributed by atoms with E-state index in [0.29, 0.717) is 45.2 Å². The molecule has 0 aliphatic rings. The highest BCUT2D eigenvalue weighted by molar-refractivity contribution is 6.35. The number of carbonyl (C=O) groups is 2. The van der Waals surface area contributed by atoms with Crippen molar-refractivity contribution in [3.63, 3.8) is 0 Å². The van der Waals surface area contributed by atoms with Gasteiger partial charge in [-0.15, -0.1) is 0 Å². The van der Waals surface area contributed by atoms with Gasteiger partial charge in [0.2, 0.25) is 11.8 Å². The maximum absolute atomic E-state index is 12.2. The van der Waals surface area contributed by atoms with Crippen LogP contribution in [0, 0.1) is 0 Å². The van der Waals surface area contributed by atoms with E-state index < -0.39 is 18.2 Å². The summed E-state index contributed by atoms with van der Waals surface area (Å²) < 4.78 is 16.7. The summed E-state index contributed by atoms with van der Waals surface area (Å²) in [5.74, 6) is 0.473. The lowest BCUT2D eigenvalue weighted by Gasteiger charge is -2.13. The van der Waals surface area contributed by atoms with Crippen LogP contribution in [-0.2, 0) is 16.2 Å². The van der Waals surface area contributed by atoms with E-state index in [1.54, 1.807) is 60.7 Å². The van der Waals surface area contributed by atoms with Crippen LogP contribution in [-0.4, -0.2) is 31.7 Å². The van der Waals surface area contributed by atoms with Crippen LogP contribution in [0.2, 0.25) is 10.0 Å². The quantitative estimate of drug-likeness (QED) is 0.195. The molecule has 0 atom stereocenters. The van der Waals surface area contributed by atoms with Gasteiger partial charge in [0, 0.05) is 15.6 Å². The van der Waals surface area contributed by atoms with Crippen molar-refractivity contribution in [2.45, 2.75) is 20.0 Å². The Hall–Kier alpha value is -3.75. The summed E-state index contributed by atoms with van der Waals surface area (Å²) in [6, 6.07) is 17.3. The third-order valence-corrected chi connectivity index (χ3v) is 5.36. The maximum atomic E-state index is 12.2. The number of anilines is 1. The molecule has 0 aliphatic heterocycles. The number of amides is 2. The number of halogens is 2. The fourth-order valence-corrected chi connectivity index (χ4v) is 3.56. The first-order chi connectivity index (χ1) is 17.4. The monoisotopic (exact) mass is 529 g/mol. The molecule has 0 radical (unpaired) electrons. The van der Waals surface area contributed by atoms with Gasteiger partial charge in [0.25, 0.3) is 0 Å². The van der Waals surface area contributed by atoms with Gasteiger partial charge in [-0.2, -0.15) is 5.10 Å². The van der Waals surface area contributed by atoms with E-state index >= 15 is 0 Å². The standard InChI is InChI=1S/C26H25Cl2N3O5/c1-3-35-24-12-17(8-11-23(24)36-16-18-9-10-19(27)13-20(18)28)15-29-31-26(33)14-25(32)30-21-6-4-5-7-22(21)34-2/h4-13,15H,3,14,16H2,1-2H3,(H,30,32)(H,31,33). The average molecular weight is 530 g/mol. The van der Waals surface area contributed by atoms with Crippen LogP contribution < -0.4 is 25.0 Å². The normalized spacial score (nSPS) is 10.7. The fraction of sp³-hybridized carbons (Fsp3) is 0.192. The van der Waals surface area contributed by atoms with Crippen LogP contribution >= 0.6 is 23.2 Å². The smallest absolute Gasteiger partial charge is 0.249 e. The van der Waals surface area contributed by atoms with Crippen molar-refractivity contribution in [1.82, 2.24) is 5.43 Å². The van der Waals surface area contributed by atoms with Gasteiger partial charge in [-0.3, -0.25) is 9.59 Å². The topological polar surface area (TPSA) is 98.2 Å². The Morgan fingerprint density at radius 1 is 0.944 bits per heavy atom. The Kier molecular flexibility index (Phi) is 9.97. The van der Waals surface area contributed by atoms with Gasteiger partial charge in [0.1, 0.15) is 18.8 Å². The molecule has 0 saturated heterocycles. The minimum atomic E-state index is -0.566. The molecule has 2 amide bonds. The van der Waals surface area contributed by atoms with E-state index in [4.69, 9.17) is 37.4 Å². The van der Waals surface area contributed by atoms with Gasteiger partial charge in [0.15, 0.2) is 11.5 Å². The summed E-state index contributed by atoms with van der Waals surface area (Å²) in [5.41, 5.74) is 4.26. The molecule has 2 N–H and O–H groups in total. The number of nitrogens with one attached hydrogen (secondary N) is 2. The Labute approximate surface area is 219 Å². The number of hydrazone groups is 1. The fourth-order valence-electron chi connectivity index (χ4n) is 3.09. The van der Waals surface area contributed by atoms with Crippen molar-refractivity contribution >= 4 is 46.9 Å². The van der Waals surface area contributed by atoms with Crippen LogP contribution in [0.25, 0.3) is 0 Å². The van der Waals surface area contributed by atoms with Crippen molar-refractivity contribution < 1.29 is 23.8 Å². The Bertz CT molecular complexity index is 1250. The first kappa shape index (κ1) is 26.8. The molecular formula is C26H25Cl2N3O5. The number of benzene rings is 3. The molecule has 0 bridgehead atoms. The second-order valence-electron chi connectivity index (χ2n) is 7.38. The molecule has 3 rings (SSSR count). The van der Waals surface area contributed by atoms with E-state index in [-0.39, 0.29) is 6.61 Å². The Morgan fingerprint density at radius 2 is 1.75 bits per heavy atom. The van der Waals surface area contributed by atoms with Crippen molar-refractivity contribution in [3.05, 3.63) is 81.8 Å². The molecule has 0 heterocycles. The molecule has 0 fully saturated rings. The van der Waals surface area contributed by atoms with Crippen molar-refractivity contribution in [1.29, 1.82) is 0 Å². The first-order valence-electron chi connectivity index (χ1n) is 11.0. The molecule has 0 aromatic heterocycles. The number of ether oxygens (including phenoxy) is 3. The number of methoxy groups -OCH3 is 1. The lowest BCUT2D eigenvalue weighted by atomic mass is 10.2. The molecule has 3 aromatic carbocycles. The van der Waals surface area contributed by atoms with Crippen LogP contribution in [0.5, 0.6) is 17.2 Å². The average Bonchev–Trinajstić information content (AvgIpc) is 2.85. The van der Waals surface area contributed by atoms with Crippen molar-refractivity contribution in [3.8, 4) is 17.2 Å². The van der Waals surface area contributed by atoms with E-state index in [1.807, 2.05) is 6.92 Å². The van der Waals surface area contributed by atoms with Gasteiger partial charge in [0.05, 0.1) is 25.6 Å². The van der Waals surface area contributed by atoms with Gasteiger partial charge >= 0.3 is 0 Å². The van der Waals surface area contributed by atoms with Crippen molar-refractivity contribution in [2.24, 2.45) is 5.10 Å². The summed E-state index contributed by atoms with van der Waals surface area (Å²) >= 11 is 12.2. The van der Waals surface area contributed by atoms with Crippen LogP contribution in [0.15, 0.2) is 65.8 Å². The largest absolute Gasteiger partial charge is 0.495 e. The summed E-state index contributed by atoms with van der Waals surface area (Å²) in [4.78, 5) is 24.3. The zero-order valence-corrected chi connectivity index (χ0v) is 21.2. The molecule has 10 heteroatoms. The second kappa shape index (κ2) is 13.4. The zero-order valence-electron chi connectivity index (χ0n) is 19.7. The summed E-state index contributed by atoms with van der Waals surface area (Å²) in [5, 5.41) is 7.62.